The number of rotatable bonds is 6. The molecule has 0 spiro atoms. The molecule has 0 saturated carbocycles. The van der Waals surface area contributed by atoms with Crippen LogP contribution >= 0.6 is 11.6 Å². The largest absolute Gasteiger partial charge is 0.471 e. The fourth-order valence-electron chi connectivity index (χ4n) is 2.12. The molecule has 1 heterocycles. The number of nitrogens with one attached hydrogen (secondary N) is 1. The standard InChI is InChI=1S/C17H12ClFN4O4/c18-14-9-13(5-6-15(14)19)27-10-22-8-7-16(21-22)17(24)20-11-1-3-12(4-2-11)23(25)26/h1-9H,10H2,(H,20,24). The van der Waals surface area contributed by atoms with E-state index in [0.29, 0.717) is 11.4 Å². The maximum atomic E-state index is 13.1. The molecular formula is C17H12ClFN4O4. The summed E-state index contributed by atoms with van der Waals surface area (Å²) in [6.45, 7) is -0.00717. The van der Waals surface area contributed by atoms with E-state index in [1.165, 1.54) is 59.4 Å². The third-order valence-electron chi connectivity index (χ3n) is 3.46. The first-order valence-electron chi connectivity index (χ1n) is 7.59. The first kappa shape index (κ1) is 18.3. The Morgan fingerprint density at radius 3 is 2.67 bits per heavy atom. The van der Waals surface area contributed by atoms with E-state index in [-0.39, 0.29) is 23.1 Å². The summed E-state index contributed by atoms with van der Waals surface area (Å²) in [7, 11) is 0. The van der Waals surface area contributed by atoms with Gasteiger partial charge in [0.25, 0.3) is 11.6 Å². The van der Waals surface area contributed by atoms with Crippen LogP contribution in [0.2, 0.25) is 5.02 Å². The van der Waals surface area contributed by atoms with Gasteiger partial charge in [-0.25, -0.2) is 9.07 Å². The zero-order valence-corrected chi connectivity index (χ0v) is 14.4. The number of halogens is 2. The summed E-state index contributed by atoms with van der Waals surface area (Å²) in [6.07, 6.45) is 1.54. The lowest BCUT2D eigenvalue weighted by Crippen LogP contribution is -2.14. The predicted molar refractivity (Wildman–Crippen MR) is 95.3 cm³/mol. The number of benzene rings is 2. The van der Waals surface area contributed by atoms with E-state index >= 15 is 0 Å². The van der Waals surface area contributed by atoms with Crippen molar-refractivity contribution < 1.29 is 18.8 Å². The lowest BCUT2D eigenvalue weighted by Gasteiger charge is -2.07. The fourth-order valence-corrected chi connectivity index (χ4v) is 2.29. The van der Waals surface area contributed by atoms with Gasteiger partial charge in [-0.05, 0) is 30.3 Å². The van der Waals surface area contributed by atoms with Crippen molar-refractivity contribution >= 4 is 28.9 Å². The van der Waals surface area contributed by atoms with Gasteiger partial charge in [0.05, 0.1) is 9.95 Å². The van der Waals surface area contributed by atoms with E-state index in [1.54, 1.807) is 0 Å². The van der Waals surface area contributed by atoms with Crippen molar-refractivity contribution in [3.63, 3.8) is 0 Å². The predicted octanol–water partition coefficient (Wildman–Crippen LogP) is 3.87. The number of hydrogen-bond acceptors (Lipinski definition) is 5. The maximum absolute atomic E-state index is 13.1. The Balaban J connectivity index is 1.59. The van der Waals surface area contributed by atoms with E-state index in [9.17, 15) is 19.3 Å². The minimum absolute atomic E-state index is 0.00717. The summed E-state index contributed by atoms with van der Waals surface area (Å²) >= 11 is 5.68. The van der Waals surface area contributed by atoms with Crippen LogP contribution in [0.1, 0.15) is 10.5 Å². The van der Waals surface area contributed by atoms with E-state index in [2.05, 4.69) is 10.4 Å². The van der Waals surface area contributed by atoms with Crippen molar-refractivity contribution in [2.75, 3.05) is 5.32 Å². The van der Waals surface area contributed by atoms with Gasteiger partial charge in [-0.1, -0.05) is 11.6 Å². The highest BCUT2D eigenvalue weighted by atomic mass is 35.5. The average Bonchev–Trinajstić information content (AvgIpc) is 3.12. The number of amides is 1. The summed E-state index contributed by atoms with van der Waals surface area (Å²) in [4.78, 5) is 22.3. The SMILES string of the molecule is O=C(Nc1ccc([N+](=O)[O-])cc1)c1ccn(COc2ccc(F)c(Cl)c2)n1. The Kier molecular flexibility index (Phi) is 5.32. The smallest absolute Gasteiger partial charge is 0.276 e. The van der Waals surface area contributed by atoms with Gasteiger partial charge in [0, 0.05) is 30.1 Å². The molecule has 8 nitrogen and oxygen atoms in total. The summed E-state index contributed by atoms with van der Waals surface area (Å²) in [6, 6.07) is 10.9. The molecular weight excluding hydrogens is 379 g/mol. The van der Waals surface area contributed by atoms with Gasteiger partial charge in [0.1, 0.15) is 11.6 Å². The maximum Gasteiger partial charge on any atom is 0.276 e. The molecule has 0 aliphatic rings. The van der Waals surface area contributed by atoms with Crippen molar-refractivity contribution in [2.45, 2.75) is 6.73 Å². The third kappa shape index (κ3) is 4.59. The Hall–Kier alpha value is -3.46. The van der Waals surface area contributed by atoms with Crippen LogP contribution in [0, 0.1) is 15.9 Å². The summed E-state index contributed by atoms with van der Waals surface area (Å²) in [5, 5.41) is 17.2. The lowest BCUT2D eigenvalue weighted by atomic mass is 10.3. The van der Waals surface area contributed by atoms with Crippen molar-refractivity contribution in [1.82, 2.24) is 9.78 Å². The normalized spacial score (nSPS) is 10.4. The highest BCUT2D eigenvalue weighted by Crippen LogP contribution is 2.21. The molecule has 3 aromatic rings. The number of ether oxygens (including phenoxy) is 1. The molecule has 0 fully saturated rings. The Morgan fingerprint density at radius 1 is 1.26 bits per heavy atom. The molecule has 27 heavy (non-hydrogen) atoms. The van der Waals surface area contributed by atoms with Gasteiger partial charge in [0.15, 0.2) is 12.4 Å². The second-order valence-corrected chi connectivity index (χ2v) is 5.76. The number of nitro groups is 1. The quantitative estimate of drug-likeness (QED) is 0.508. The van der Waals surface area contributed by atoms with Crippen LogP contribution in [0.4, 0.5) is 15.8 Å². The van der Waals surface area contributed by atoms with Gasteiger partial charge in [-0.2, -0.15) is 5.10 Å². The van der Waals surface area contributed by atoms with Gasteiger partial charge in [0.2, 0.25) is 0 Å². The molecule has 0 atom stereocenters. The number of hydrogen-bond donors (Lipinski definition) is 1. The van der Waals surface area contributed by atoms with Crippen LogP contribution in [0.5, 0.6) is 5.75 Å². The van der Waals surface area contributed by atoms with Crippen LogP contribution in [0.25, 0.3) is 0 Å². The van der Waals surface area contributed by atoms with Crippen LogP contribution < -0.4 is 10.1 Å². The number of carbonyl (C=O) groups excluding carboxylic acids is 1. The van der Waals surface area contributed by atoms with E-state index in [1.807, 2.05) is 0 Å². The zero-order chi connectivity index (χ0) is 19.4. The average molecular weight is 391 g/mol. The van der Waals surface area contributed by atoms with E-state index in [0.717, 1.165) is 0 Å². The summed E-state index contributed by atoms with van der Waals surface area (Å²) in [5.74, 6) is -0.672. The Morgan fingerprint density at radius 2 is 2.00 bits per heavy atom. The van der Waals surface area contributed by atoms with Crippen LogP contribution in [0.3, 0.4) is 0 Å². The summed E-state index contributed by atoms with van der Waals surface area (Å²) in [5.41, 5.74) is 0.460. The van der Waals surface area contributed by atoms with Crippen molar-refractivity contribution in [3.05, 3.63) is 81.4 Å². The minimum Gasteiger partial charge on any atom is -0.471 e. The molecule has 1 amide bonds. The lowest BCUT2D eigenvalue weighted by molar-refractivity contribution is -0.384. The second kappa shape index (κ2) is 7.83. The number of non-ortho nitro benzene ring substituents is 1. The third-order valence-corrected chi connectivity index (χ3v) is 3.75. The monoisotopic (exact) mass is 390 g/mol. The van der Waals surface area contributed by atoms with Crippen molar-refractivity contribution in [2.24, 2.45) is 0 Å². The Labute approximate surface area is 157 Å². The van der Waals surface area contributed by atoms with E-state index in [4.69, 9.17) is 16.3 Å². The molecule has 0 aliphatic heterocycles. The number of nitrogens with zero attached hydrogens (tertiary/aromatic N) is 3. The summed E-state index contributed by atoms with van der Waals surface area (Å²) < 4.78 is 19.9. The fraction of sp³-hybridized carbons (Fsp3) is 0.0588. The number of carbonyl (C=O) groups is 1. The van der Waals surface area contributed by atoms with Gasteiger partial charge >= 0.3 is 0 Å². The Bertz CT molecular complexity index is 991. The zero-order valence-electron chi connectivity index (χ0n) is 13.6. The van der Waals surface area contributed by atoms with Crippen LogP contribution in [-0.4, -0.2) is 20.6 Å². The second-order valence-electron chi connectivity index (χ2n) is 5.35. The van der Waals surface area contributed by atoms with Crippen molar-refractivity contribution in [1.29, 1.82) is 0 Å². The molecule has 0 aliphatic carbocycles. The minimum atomic E-state index is -0.548. The first-order valence-corrected chi connectivity index (χ1v) is 7.97. The van der Waals surface area contributed by atoms with Crippen molar-refractivity contribution in [3.8, 4) is 5.75 Å². The van der Waals surface area contributed by atoms with Gasteiger partial charge in [-0.3, -0.25) is 14.9 Å². The molecule has 0 unspecified atom stereocenters. The highest BCUT2D eigenvalue weighted by Gasteiger charge is 2.11. The molecule has 0 radical (unpaired) electrons. The molecule has 0 saturated heterocycles. The molecule has 1 N–H and O–H groups in total. The molecule has 3 rings (SSSR count). The first-order chi connectivity index (χ1) is 12.9. The van der Waals surface area contributed by atoms with Gasteiger partial charge in [-0.15, -0.1) is 0 Å². The topological polar surface area (TPSA) is 99.3 Å². The van der Waals surface area contributed by atoms with Crippen LogP contribution in [-0.2, 0) is 6.73 Å². The highest BCUT2D eigenvalue weighted by molar-refractivity contribution is 6.30. The van der Waals surface area contributed by atoms with E-state index < -0.39 is 16.6 Å². The molecule has 1 aromatic heterocycles. The molecule has 2 aromatic carbocycles. The number of aromatic nitrogens is 2. The van der Waals surface area contributed by atoms with Crippen LogP contribution in [0.15, 0.2) is 54.7 Å². The number of nitro benzene ring substituents is 1. The van der Waals surface area contributed by atoms with Gasteiger partial charge < -0.3 is 10.1 Å². The molecule has 10 heteroatoms. The molecule has 138 valence electrons. The number of anilines is 1. The molecule has 0 bridgehead atoms.